The molecule has 2 heterocycles. The minimum Gasteiger partial charge on any atom is -0.288 e. The second-order valence-electron chi connectivity index (χ2n) is 3.28. The van der Waals surface area contributed by atoms with E-state index < -0.39 is 0 Å². The number of aryl methyl sites for hydroxylation is 1. The topological polar surface area (TPSA) is 17.1 Å². The Labute approximate surface area is 111 Å². The van der Waals surface area contributed by atoms with E-state index >= 15 is 0 Å². The van der Waals surface area contributed by atoms with Gasteiger partial charge in [0, 0.05) is 19.6 Å². The number of rotatable bonds is 3. The SMILES string of the molecule is Cc1ccc(C(=O)/C=C/c2cc(Br)cs2)s1. The molecule has 0 fully saturated rings. The summed E-state index contributed by atoms with van der Waals surface area (Å²) in [5, 5.41) is 2.00. The fraction of sp³-hybridized carbons (Fsp3) is 0.0833. The van der Waals surface area contributed by atoms with Crippen LogP contribution in [0.2, 0.25) is 0 Å². The van der Waals surface area contributed by atoms with Gasteiger partial charge in [-0.3, -0.25) is 4.79 Å². The third-order valence-electron chi connectivity index (χ3n) is 1.97. The van der Waals surface area contributed by atoms with Gasteiger partial charge in [0.05, 0.1) is 4.88 Å². The Morgan fingerprint density at radius 2 is 2.25 bits per heavy atom. The average Bonchev–Trinajstić information content (AvgIpc) is 2.84. The first-order valence-electron chi connectivity index (χ1n) is 4.68. The number of carbonyl (C=O) groups excluding carboxylic acids is 1. The van der Waals surface area contributed by atoms with Crippen LogP contribution < -0.4 is 0 Å². The standard InChI is InChI=1S/C12H9BrOS2/c1-8-2-5-12(16-8)11(14)4-3-10-6-9(13)7-15-10/h2-7H,1H3/b4-3+. The van der Waals surface area contributed by atoms with Crippen molar-refractivity contribution >= 4 is 50.5 Å². The van der Waals surface area contributed by atoms with E-state index in [2.05, 4.69) is 15.9 Å². The summed E-state index contributed by atoms with van der Waals surface area (Å²) in [5.74, 6) is 0.0719. The third kappa shape index (κ3) is 2.90. The van der Waals surface area contributed by atoms with Crippen molar-refractivity contribution in [2.24, 2.45) is 0 Å². The summed E-state index contributed by atoms with van der Waals surface area (Å²) in [4.78, 5) is 14.8. The maximum atomic E-state index is 11.8. The first kappa shape index (κ1) is 11.8. The molecular weight excluding hydrogens is 304 g/mol. The molecule has 82 valence electrons. The fourth-order valence-corrected chi connectivity index (χ4v) is 3.35. The molecule has 0 unspecified atom stereocenters. The Balaban J connectivity index is 2.10. The van der Waals surface area contributed by atoms with Crippen LogP contribution in [0.3, 0.4) is 0 Å². The monoisotopic (exact) mass is 312 g/mol. The highest BCUT2D eigenvalue weighted by atomic mass is 79.9. The summed E-state index contributed by atoms with van der Waals surface area (Å²) in [6.07, 6.45) is 3.48. The molecule has 0 aromatic carbocycles. The zero-order chi connectivity index (χ0) is 11.5. The van der Waals surface area contributed by atoms with E-state index in [9.17, 15) is 4.79 Å². The smallest absolute Gasteiger partial charge is 0.195 e. The lowest BCUT2D eigenvalue weighted by atomic mass is 10.3. The maximum absolute atomic E-state index is 11.8. The van der Waals surface area contributed by atoms with Crippen molar-refractivity contribution < 1.29 is 4.79 Å². The van der Waals surface area contributed by atoms with Crippen LogP contribution in [0.25, 0.3) is 6.08 Å². The summed E-state index contributed by atoms with van der Waals surface area (Å²) in [7, 11) is 0. The number of ketones is 1. The van der Waals surface area contributed by atoms with Crippen LogP contribution in [-0.2, 0) is 0 Å². The van der Waals surface area contributed by atoms with Crippen molar-refractivity contribution in [2.45, 2.75) is 6.92 Å². The van der Waals surface area contributed by atoms with Gasteiger partial charge < -0.3 is 0 Å². The van der Waals surface area contributed by atoms with Crippen LogP contribution >= 0.6 is 38.6 Å². The maximum Gasteiger partial charge on any atom is 0.195 e. The Morgan fingerprint density at radius 1 is 1.44 bits per heavy atom. The van der Waals surface area contributed by atoms with Crippen molar-refractivity contribution in [3.05, 3.63) is 48.8 Å². The molecule has 0 saturated carbocycles. The predicted octanol–water partition coefficient (Wildman–Crippen LogP) is 4.78. The lowest BCUT2D eigenvalue weighted by Gasteiger charge is -1.87. The highest BCUT2D eigenvalue weighted by Crippen LogP contribution is 2.21. The molecular formula is C12H9BrOS2. The molecule has 4 heteroatoms. The lowest BCUT2D eigenvalue weighted by molar-refractivity contribution is 0.105. The van der Waals surface area contributed by atoms with E-state index in [1.807, 2.05) is 36.6 Å². The molecule has 0 aliphatic rings. The van der Waals surface area contributed by atoms with Gasteiger partial charge >= 0.3 is 0 Å². The Hall–Kier alpha value is -0.710. The molecule has 0 radical (unpaired) electrons. The van der Waals surface area contributed by atoms with Gasteiger partial charge in [-0.05, 0) is 53.2 Å². The summed E-state index contributed by atoms with van der Waals surface area (Å²) in [6.45, 7) is 2.00. The molecule has 0 amide bonds. The number of halogens is 1. The molecule has 0 aliphatic heterocycles. The van der Waals surface area contributed by atoms with Gasteiger partial charge in [0.15, 0.2) is 5.78 Å². The van der Waals surface area contributed by atoms with Crippen molar-refractivity contribution in [3.8, 4) is 0 Å². The molecule has 16 heavy (non-hydrogen) atoms. The van der Waals surface area contributed by atoms with Crippen LogP contribution in [0.4, 0.5) is 0 Å². The number of carbonyl (C=O) groups is 1. The van der Waals surface area contributed by atoms with Crippen molar-refractivity contribution in [2.75, 3.05) is 0 Å². The highest BCUT2D eigenvalue weighted by Gasteiger charge is 2.04. The molecule has 2 rings (SSSR count). The third-order valence-corrected chi connectivity index (χ3v) is 4.64. The lowest BCUT2D eigenvalue weighted by Crippen LogP contribution is -1.87. The van der Waals surface area contributed by atoms with Crippen LogP contribution in [0.15, 0.2) is 34.1 Å². The summed E-state index contributed by atoms with van der Waals surface area (Å²) < 4.78 is 1.05. The Morgan fingerprint density at radius 3 is 2.81 bits per heavy atom. The van der Waals surface area contributed by atoms with E-state index in [4.69, 9.17) is 0 Å². The fourth-order valence-electron chi connectivity index (χ4n) is 1.22. The number of thiophene rings is 2. The zero-order valence-electron chi connectivity index (χ0n) is 8.57. The van der Waals surface area contributed by atoms with E-state index in [0.29, 0.717) is 0 Å². The number of allylic oxidation sites excluding steroid dienone is 1. The predicted molar refractivity (Wildman–Crippen MR) is 74.4 cm³/mol. The summed E-state index contributed by atoms with van der Waals surface area (Å²) in [5.41, 5.74) is 0. The first-order chi connectivity index (χ1) is 7.65. The van der Waals surface area contributed by atoms with Crippen molar-refractivity contribution in [1.82, 2.24) is 0 Å². The molecule has 0 saturated heterocycles. The molecule has 0 N–H and O–H groups in total. The summed E-state index contributed by atoms with van der Waals surface area (Å²) in [6, 6.07) is 5.83. The minimum absolute atomic E-state index is 0.0719. The van der Waals surface area contributed by atoms with Crippen LogP contribution in [-0.4, -0.2) is 5.78 Å². The molecule has 0 spiro atoms. The van der Waals surface area contributed by atoms with Crippen LogP contribution in [0, 0.1) is 6.92 Å². The molecule has 2 aromatic rings. The second kappa shape index (κ2) is 5.08. The van der Waals surface area contributed by atoms with E-state index in [1.54, 1.807) is 17.4 Å². The minimum atomic E-state index is 0.0719. The molecule has 0 aliphatic carbocycles. The molecule has 1 nitrogen and oxygen atoms in total. The van der Waals surface area contributed by atoms with Gasteiger partial charge in [0.25, 0.3) is 0 Å². The van der Waals surface area contributed by atoms with Gasteiger partial charge in [-0.2, -0.15) is 0 Å². The first-order valence-corrected chi connectivity index (χ1v) is 7.17. The summed E-state index contributed by atoms with van der Waals surface area (Å²) >= 11 is 6.52. The highest BCUT2D eigenvalue weighted by molar-refractivity contribution is 9.10. The van der Waals surface area contributed by atoms with Crippen molar-refractivity contribution in [1.29, 1.82) is 0 Å². The molecule has 0 bridgehead atoms. The number of hydrogen-bond donors (Lipinski definition) is 0. The van der Waals surface area contributed by atoms with E-state index in [1.165, 1.54) is 11.3 Å². The van der Waals surface area contributed by atoms with Gasteiger partial charge in [0.1, 0.15) is 0 Å². The quantitative estimate of drug-likeness (QED) is 0.589. The number of hydrogen-bond acceptors (Lipinski definition) is 3. The van der Waals surface area contributed by atoms with Gasteiger partial charge in [0.2, 0.25) is 0 Å². The average molecular weight is 313 g/mol. The van der Waals surface area contributed by atoms with E-state index in [-0.39, 0.29) is 5.78 Å². The molecule has 0 atom stereocenters. The van der Waals surface area contributed by atoms with Crippen LogP contribution in [0.1, 0.15) is 19.4 Å². The normalized spacial score (nSPS) is 11.1. The Kier molecular flexibility index (Phi) is 3.74. The zero-order valence-corrected chi connectivity index (χ0v) is 11.8. The molecule has 2 aromatic heterocycles. The van der Waals surface area contributed by atoms with Gasteiger partial charge in [-0.25, -0.2) is 0 Å². The van der Waals surface area contributed by atoms with Gasteiger partial charge in [-0.1, -0.05) is 0 Å². The van der Waals surface area contributed by atoms with Crippen LogP contribution in [0.5, 0.6) is 0 Å². The largest absolute Gasteiger partial charge is 0.288 e. The van der Waals surface area contributed by atoms with E-state index in [0.717, 1.165) is 19.1 Å². The Bertz CT molecular complexity index is 537. The van der Waals surface area contributed by atoms with Gasteiger partial charge in [-0.15, -0.1) is 22.7 Å². The van der Waals surface area contributed by atoms with Crippen molar-refractivity contribution in [3.63, 3.8) is 0 Å². The second-order valence-corrected chi connectivity index (χ2v) is 6.42.